The van der Waals surface area contributed by atoms with Gasteiger partial charge in [0.2, 0.25) is 0 Å². The topological polar surface area (TPSA) is 46.3 Å². The molecule has 2 rings (SSSR count). The van der Waals surface area contributed by atoms with Crippen molar-refractivity contribution < 1.29 is 4.79 Å². The third-order valence-corrected chi connectivity index (χ3v) is 4.09. The molecule has 1 aromatic rings. The van der Waals surface area contributed by atoms with Crippen molar-refractivity contribution in [3.63, 3.8) is 0 Å². The van der Waals surface area contributed by atoms with Gasteiger partial charge in [0.05, 0.1) is 0 Å². The molecular weight excluding hydrogens is 260 g/mol. The zero-order chi connectivity index (χ0) is 13.3. The first-order chi connectivity index (χ1) is 8.50. The van der Waals surface area contributed by atoms with E-state index < -0.39 is 0 Å². The minimum absolute atomic E-state index is 0. The summed E-state index contributed by atoms with van der Waals surface area (Å²) >= 11 is 0. The van der Waals surface area contributed by atoms with Gasteiger partial charge in [0.1, 0.15) is 0 Å². The number of hydrogen-bond donors (Lipinski definition) is 1. The molecule has 0 bridgehead atoms. The van der Waals surface area contributed by atoms with Crippen LogP contribution in [0.3, 0.4) is 0 Å². The second-order valence-corrected chi connectivity index (χ2v) is 5.41. The molecular formula is C15H23ClN2O. The number of carbonyl (C=O) groups is 1. The van der Waals surface area contributed by atoms with Crippen molar-refractivity contribution in [2.75, 3.05) is 13.1 Å². The first kappa shape index (κ1) is 16.0. The smallest absolute Gasteiger partial charge is 0.254 e. The molecule has 1 amide bonds. The number of likely N-dealkylation sites (tertiary alicyclic amines) is 1. The predicted molar refractivity (Wildman–Crippen MR) is 80.8 cm³/mol. The van der Waals surface area contributed by atoms with E-state index in [-0.39, 0.29) is 24.4 Å². The Hall–Kier alpha value is -1.06. The third kappa shape index (κ3) is 3.28. The number of carbonyl (C=O) groups excluding carboxylic acids is 1. The van der Waals surface area contributed by atoms with Crippen molar-refractivity contribution in [2.24, 2.45) is 11.7 Å². The lowest BCUT2D eigenvalue weighted by Gasteiger charge is -2.19. The largest absolute Gasteiger partial charge is 0.338 e. The summed E-state index contributed by atoms with van der Waals surface area (Å²) in [7, 11) is 0. The van der Waals surface area contributed by atoms with Crippen LogP contribution in [-0.4, -0.2) is 29.9 Å². The van der Waals surface area contributed by atoms with Crippen molar-refractivity contribution in [1.82, 2.24) is 4.90 Å². The molecule has 1 aliphatic rings. The van der Waals surface area contributed by atoms with E-state index in [0.717, 1.165) is 30.6 Å². The molecule has 1 heterocycles. The normalized spacial score (nSPS) is 20.0. The summed E-state index contributed by atoms with van der Waals surface area (Å²) in [5.74, 6) is 0.596. The van der Waals surface area contributed by atoms with Gasteiger partial charge < -0.3 is 10.6 Å². The van der Waals surface area contributed by atoms with Crippen molar-refractivity contribution in [2.45, 2.75) is 33.2 Å². The zero-order valence-electron chi connectivity index (χ0n) is 11.8. The number of nitrogens with two attached hydrogens (primary N) is 1. The Morgan fingerprint density at radius 1 is 1.42 bits per heavy atom. The van der Waals surface area contributed by atoms with Crippen LogP contribution in [0.25, 0.3) is 0 Å². The molecule has 3 nitrogen and oxygen atoms in total. The molecule has 1 fully saturated rings. The van der Waals surface area contributed by atoms with E-state index >= 15 is 0 Å². The van der Waals surface area contributed by atoms with Gasteiger partial charge in [0.25, 0.3) is 5.91 Å². The van der Waals surface area contributed by atoms with Gasteiger partial charge in [-0.15, -0.1) is 12.4 Å². The van der Waals surface area contributed by atoms with E-state index in [1.807, 2.05) is 43.9 Å². The Labute approximate surface area is 121 Å². The van der Waals surface area contributed by atoms with E-state index in [2.05, 4.69) is 0 Å². The van der Waals surface area contributed by atoms with Crippen LogP contribution in [0.2, 0.25) is 0 Å². The second kappa shape index (κ2) is 6.40. The van der Waals surface area contributed by atoms with Crippen LogP contribution in [0.15, 0.2) is 18.2 Å². The predicted octanol–water partition coefficient (Wildman–Crippen LogP) is 2.53. The maximum Gasteiger partial charge on any atom is 0.254 e. The van der Waals surface area contributed by atoms with Gasteiger partial charge in [-0.3, -0.25) is 4.79 Å². The van der Waals surface area contributed by atoms with E-state index in [4.69, 9.17) is 5.73 Å². The lowest BCUT2D eigenvalue weighted by Crippen LogP contribution is -2.33. The van der Waals surface area contributed by atoms with Gasteiger partial charge >= 0.3 is 0 Å². The molecule has 0 saturated carbocycles. The van der Waals surface area contributed by atoms with Crippen LogP contribution in [-0.2, 0) is 0 Å². The van der Waals surface area contributed by atoms with E-state index in [0.29, 0.717) is 5.92 Å². The Balaban J connectivity index is 0.00000180. The highest BCUT2D eigenvalue weighted by atomic mass is 35.5. The fraction of sp³-hybridized carbons (Fsp3) is 0.533. The fourth-order valence-corrected chi connectivity index (χ4v) is 2.55. The molecule has 2 atom stereocenters. The Morgan fingerprint density at radius 3 is 2.68 bits per heavy atom. The Kier molecular flexibility index (Phi) is 5.39. The number of aryl methyl sites for hydroxylation is 1. The lowest BCUT2D eigenvalue weighted by molar-refractivity contribution is 0.0785. The number of nitrogens with zero attached hydrogens (tertiary/aromatic N) is 1. The fourth-order valence-electron chi connectivity index (χ4n) is 2.55. The van der Waals surface area contributed by atoms with Crippen molar-refractivity contribution in [1.29, 1.82) is 0 Å². The van der Waals surface area contributed by atoms with Gasteiger partial charge in [0.15, 0.2) is 0 Å². The van der Waals surface area contributed by atoms with Crippen molar-refractivity contribution in [3.8, 4) is 0 Å². The van der Waals surface area contributed by atoms with E-state index in [9.17, 15) is 4.79 Å². The number of rotatable bonds is 2. The van der Waals surface area contributed by atoms with Crippen LogP contribution in [0.4, 0.5) is 0 Å². The molecule has 2 unspecified atom stereocenters. The molecule has 2 N–H and O–H groups in total. The number of halogens is 1. The standard InChI is InChI=1S/C15H22N2O.ClH/c1-10-5-4-6-14(11(10)2)15(18)17-8-7-13(9-17)12(3)16;/h4-6,12-13H,7-9,16H2,1-3H3;1H. The maximum atomic E-state index is 12.5. The first-order valence-electron chi connectivity index (χ1n) is 6.61. The summed E-state index contributed by atoms with van der Waals surface area (Å²) in [4.78, 5) is 14.4. The summed E-state index contributed by atoms with van der Waals surface area (Å²) in [6.45, 7) is 7.71. The van der Waals surface area contributed by atoms with Gasteiger partial charge in [-0.05, 0) is 50.3 Å². The van der Waals surface area contributed by atoms with Crippen molar-refractivity contribution >= 4 is 18.3 Å². The summed E-state index contributed by atoms with van der Waals surface area (Å²) in [5, 5.41) is 0. The minimum Gasteiger partial charge on any atom is -0.338 e. The number of benzene rings is 1. The summed E-state index contributed by atoms with van der Waals surface area (Å²) in [6, 6.07) is 6.08. The van der Waals surface area contributed by atoms with Gasteiger partial charge in [0, 0.05) is 24.7 Å². The van der Waals surface area contributed by atoms with E-state index in [1.54, 1.807) is 0 Å². The number of hydrogen-bond acceptors (Lipinski definition) is 2. The van der Waals surface area contributed by atoms with Crippen LogP contribution in [0.5, 0.6) is 0 Å². The molecule has 0 spiro atoms. The van der Waals surface area contributed by atoms with Gasteiger partial charge in [-0.1, -0.05) is 12.1 Å². The van der Waals surface area contributed by atoms with Crippen LogP contribution in [0, 0.1) is 19.8 Å². The molecule has 0 aliphatic carbocycles. The third-order valence-electron chi connectivity index (χ3n) is 4.09. The van der Waals surface area contributed by atoms with Gasteiger partial charge in [-0.25, -0.2) is 0 Å². The van der Waals surface area contributed by atoms with E-state index in [1.165, 1.54) is 5.56 Å². The molecule has 1 saturated heterocycles. The average molecular weight is 283 g/mol. The highest BCUT2D eigenvalue weighted by Crippen LogP contribution is 2.22. The highest BCUT2D eigenvalue weighted by Gasteiger charge is 2.29. The van der Waals surface area contributed by atoms with Crippen LogP contribution >= 0.6 is 12.4 Å². The SMILES string of the molecule is Cc1cccc(C(=O)N2CCC(C(C)N)C2)c1C.Cl. The summed E-state index contributed by atoms with van der Waals surface area (Å²) < 4.78 is 0. The molecule has 19 heavy (non-hydrogen) atoms. The molecule has 0 aromatic heterocycles. The lowest BCUT2D eigenvalue weighted by atomic mass is 10.0. The molecule has 1 aromatic carbocycles. The highest BCUT2D eigenvalue weighted by molar-refractivity contribution is 5.96. The second-order valence-electron chi connectivity index (χ2n) is 5.41. The van der Waals surface area contributed by atoms with Crippen LogP contribution < -0.4 is 5.73 Å². The maximum absolute atomic E-state index is 12.5. The molecule has 106 valence electrons. The monoisotopic (exact) mass is 282 g/mol. The first-order valence-corrected chi connectivity index (χ1v) is 6.61. The summed E-state index contributed by atoms with van der Waals surface area (Å²) in [6.07, 6.45) is 1.02. The van der Waals surface area contributed by atoms with Crippen molar-refractivity contribution in [3.05, 3.63) is 34.9 Å². The summed E-state index contributed by atoms with van der Waals surface area (Å²) in [5.41, 5.74) is 9.01. The number of amides is 1. The molecule has 0 radical (unpaired) electrons. The quantitative estimate of drug-likeness (QED) is 0.906. The Bertz CT molecular complexity index is 459. The molecule has 4 heteroatoms. The molecule has 1 aliphatic heterocycles. The van der Waals surface area contributed by atoms with Crippen LogP contribution in [0.1, 0.15) is 34.8 Å². The minimum atomic E-state index is 0. The Morgan fingerprint density at radius 2 is 2.11 bits per heavy atom. The van der Waals surface area contributed by atoms with Gasteiger partial charge in [-0.2, -0.15) is 0 Å². The average Bonchev–Trinajstić information content (AvgIpc) is 2.81. The zero-order valence-corrected chi connectivity index (χ0v) is 12.7.